The van der Waals surface area contributed by atoms with Crippen LogP contribution in [0.15, 0.2) is 6.20 Å². The first kappa shape index (κ1) is 16.6. The summed E-state index contributed by atoms with van der Waals surface area (Å²) in [5.74, 6) is 4.98. The second-order valence-electron chi connectivity index (χ2n) is 5.18. The van der Waals surface area contributed by atoms with E-state index in [2.05, 4.69) is 27.0 Å². The first-order chi connectivity index (χ1) is 9.74. The summed E-state index contributed by atoms with van der Waals surface area (Å²) in [6.45, 7) is 5.42. The number of hydrogen-bond donors (Lipinski definition) is 1. The molecule has 1 rings (SSSR count). The van der Waals surface area contributed by atoms with E-state index in [1.807, 2.05) is 0 Å². The predicted molar refractivity (Wildman–Crippen MR) is 75.7 cm³/mol. The highest BCUT2D eigenvalue weighted by atomic mass is 16.6. The molecule has 1 aromatic heterocycles. The van der Waals surface area contributed by atoms with Gasteiger partial charge in [-0.2, -0.15) is 5.10 Å². The van der Waals surface area contributed by atoms with Gasteiger partial charge in [-0.25, -0.2) is 9.59 Å². The average Bonchev–Trinajstić information content (AvgIpc) is 2.73. The summed E-state index contributed by atoms with van der Waals surface area (Å²) in [5, 5.41) is 6.45. The van der Waals surface area contributed by atoms with Crippen LogP contribution in [0.4, 0.5) is 4.79 Å². The molecule has 0 aliphatic rings. The van der Waals surface area contributed by atoms with E-state index in [0.717, 1.165) is 0 Å². The number of hydrogen-bond acceptors (Lipinski definition) is 5. The van der Waals surface area contributed by atoms with Gasteiger partial charge in [0.2, 0.25) is 0 Å². The summed E-state index contributed by atoms with van der Waals surface area (Å²) in [6, 6.07) is 0. The summed E-state index contributed by atoms with van der Waals surface area (Å²) in [5.41, 5.74) is 0.149. The monoisotopic (exact) mass is 293 g/mol. The smallest absolute Gasteiger partial charge is 0.408 e. The Kier molecular flexibility index (Phi) is 5.36. The van der Waals surface area contributed by atoms with Gasteiger partial charge in [-0.05, 0) is 20.8 Å². The van der Waals surface area contributed by atoms with Crippen LogP contribution < -0.4 is 5.32 Å². The van der Waals surface area contributed by atoms with E-state index in [-0.39, 0.29) is 12.2 Å². The Morgan fingerprint density at radius 3 is 2.67 bits per heavy atom. The molecule has 7 nitrogen and oxygen atoms in total. The Labute approximate surface area is 123 Å². The molecule has 1 N–H and O–H groups in total. The Morgan fingerprint density at radius 2 is 2.10 bits per heavy atom. The molecule has 0 saturated carbocycles. The van der Waals surface area contributed by atoms with Gasteiger partial charge in [0.1, 0.15) is 5.60 Å². The third-order valence-electron chi connectivity index (χ3n) is 2.26. The first-order valence-electron chi connectivity index (χ1n) is 6.30. The molecule has 21 heavy (non-hydrogen) atoms. The second kappa shape index (κ2) is 6.79. The highest BCUT2D eigenvalue weighted by Gasteiger charge is 2.16. The number of carbonyl (C=O) groups excluding carboxylic acids is 2. The van der Waals surface area contributed by atoms with Gasteiger partial charge in [-0.15, -0.1) is 0 Å². The molecule has 0 aliphatic carbocycles. The van der Waals surface area contributed by atoms with Crippen LogP contribution in [0.1, 0.15) is 36.8 Å². The molecule has 0 unspecified atom stereocenters. The quantitative estimate of drug-likeness (QED) is 0.652. The Balaban J connectivity index is 2.64. The first-order valence-corrected chi connectivity index (χ1v) is 6.30. The van der Waals surface area contributed by atoms with Crippen molar-refractivity contribution in [3.05, 3.63) is 17.5 Å². The normalized spacial score (nSPS) is 10.3. The van der Waals surface area contributed by atoms with E-state index in [1.54, 1.807) is 27.8 Å². The zero-order chi connectivity index (χ0) is 16.0. The molecule has 1 amide bonds. The van der Waals surface area contributed by atoms with E-state index < -0.39 is 17.7 Å². The van der Waals surface area contributed by atoms with Crippen LogP contribution in [0.3, 0.4) is 0 Å². The van der Waals surface area contributed by atoms with Gasteiger partial charge in [0.05, 0.1) is 25.4 Å². The van der Waals surface area contributed by atoms with Crippen molar-refractivity contribution >= 4 is 12.1 Å². The van der Waals surface area contributed by atoms with E-state index in [4.69, 9.17) is 4.74 Å². The molecule has 0 spiro atoms. The number of nitrogens with zero attached hydrogens (tertiary/aromatic N) is 2. The molecule has 1 heterocycles. The minimum absolute atomic E-state index is 0.102. The number of carbonyl (C=O) groups is 2. The van der Waals surface area contributed by atoms with Gasteiger partial charge >= 0.3 is 12.1 Å². The van der Waals surface area contributed by atoms with Crippen molar-refractivity contribution in [3.8, 4) is 11.8 Å². The lowest BCUT2D eigenvalue weighted by Crippen LogP contribution is -2.32. The minimum atomic E-state index is -0.557. The number of ether oxygens (including phenoxy) is 2. The molecule has 114 valence electrons. The number of alkyl carbamates (subject to hydrolysis) is 1. The minimum Gasteiger partial charge on any atom is -0.464 e. The molecule has 0 fully saturated rings. The maximum absolute atomic E-state index is 11.6. The third kappa shape index (κ3) is 5.18. The van der Waals surface area contributed by atoms with Crippen LogP contribution in [0.25, 0.3) is 0 Å². The largest absolute Gasteiger partial charge is 0.464 e. The number of esters is 1. The summed E-state index contributed by atoms with van der Waals surface area (Å²) < 4.78 is 11.1. The summed E-state index contributed by atoms with van der Waals surface area (Å²) in [7, 11) is 2.91. The molecule has 0 aromatic carbocycles. The molecule has 1 aromatic rings. The van der Waals surface area contributed by atoms with Crippen LogP contribution in [-0.4, -0.2) is 41.1 Å². The summed E-state index contributed by atoms with van der Waals surface area (Å²) in [6.07, 6.45) is 0.920. The average molecular weight is 293 g/mol. The van der Waals surface area contributed by atoms with Crippen molar-refractivity contribution in [3.63, 3.8) is 0 Å². The van der Waals surface area contributed by atoms with Gasteiger partial charge < -0.3 is 14.8 Å². The highest BCUT2D eigenvalue weighted by molar-refractivity contribution is 5.90. The third-order valence-corrected chi connectivity index (χ3v) is 2.26. The molecule has 0 bridgehead atoms. The van der Waals surface area contributed by atoms with Gasteiger partial charge in [-0.1, -0.05) is 11.8 Å². The zero-order valence-corrected chi connectivity index (χ0v) is 12.8. The van der Waals surface area contributed by atoms with Crippen LogP contribution in [0.2, 0.25) is 0 Å². The Bertz CT molecular complexity index is 588. The molecular formula is C14H19N3O4. The second-order valence-corrected chi connectivity index (χ2v) is 5.18. The van der Waals surface area contributed by atoms with Crippen LogP contribution in [0, 0.1) is 11.8 Å². The highest BCUT2D eigenvalue weighted by Crippen LogP contribution is 2.07. The molecule has 7 heteroatoms. The lowest BCUT2D eigenvalue weighted by molar-refractivity contribution is 0.0533. The fourth-order valence-electron chi connectivity index (χ4n) is 1.44. The van der Waals surface area contributed by atoms with Crippen molar-refractivity contribution in [2.75, 3.05) is 13.7 Å². The van der Waals surface area contributed by atoms with Gasteiger partial charge in [0.25, 0.3) is 0 Å². The topological polar surface area (TPSA) is 82.4 Å². The number of amides is 1. The van der Waals surface area contributed by atoms with Gasteiger partial charge in [-0.3, -0.25) is 4.68 Å². The van der Waals surface area contributed by atoms with Gasteiger partial charge in [0, 0.05) is 7.05 Å². The van der Waals surface area contributed by atoms with E-state index >= 15 is 0 Å². The van der Waals surface area contributed by atoms with E-state index in [9.17, 15) is 9.59 Å². The van der Waals surface area contributed by atoms with Crippen LogP contribution in [0.5, 0.6) is 0 Å². The number of nitrogens with one attached hydrogen (secondary N) is 1. The maximum atomic E-state index is 11.6. The number of aromatic nitrogens is 2. The standard InChI is InChI=1S/C14H19N3O4/c1-14(2,3)21-13(19)15-8-6-7-10-9-16-17(4)11(10)12(18)20-5/h9H,8H2,1-5H3,(H,15,19). The maximum Gasteiger partial charge on any atom is 0.408 e. The number of aryl methyl sites for hydroxylation is 1. The van der Waals surface area contributed by atoms with Crippen molar-refractivity contribution in [1.82, 2.24) is 15.1 Å². The molecule has 0 saturated heterocycles. The van der Waals surface area contributed by atoms with Crippen molar-refractivity contribution in [2.24, 2.45) is 7.05 Å². The predicted octanol–water partition coefficient (Wildman–Crippen LogP) is 1.08. The molecule has 0 aliphatic heterocycles. The van der Waals surface area contributed by atoms with E-state index in [1.165, 1.54) is 18.0 Å². The fraction of sp³-hybridized carbons (Fsp3) is 0.500. The van der Waals surface area contributed by atoms with Crippen LogP contribution >= 0.6 is 0 Å². The molecule has 0 atom stereocenters. The molecule has 0 radical (unpaired) electrons. The van der Waals surface area contributed by atoms with Gasteiger partial charge in [0.15, 0.2) is 5.69 Å². The lowest BCUT2D eigenvalue weighted by atomic mass is 10.2. The summed E-state index contributed by atoms with van der Waals surface area (Å²) >= 11 is 0. The Hall–Kier alpha value is -2.49. The fourth-order valence-corrected chi connectivity index (χ4v) is 1.44. The lowest BCUT2D eigenvalue weighted by Gasteiger charge is -2.18. The van der Waals surface area contributed by atoms with Crippen molar-refractivity contribution in [2.45, 2.75) is 26.4 Å². The SMILES string of the molecule is COC(=O)c1c(C#CCNC(=O)OC(C)(C)C)cnn1C. The number of rotatable bonds is 2. The van der Waals surface area contributed by atoms with Crippen molar-refractivity contribution < 1.29 is 19.1 Å². The summed E-state index contributed by atoms with van der Waals surface area (Å²) in [4.78, 5) is 23.0. The molecular weight excluding hydrogens is 274 g/mol. The number of methoxy groups -OCH3 is 1. The Morgan fingerprint density at radius 1 is 1.43 bits per heavy atom. The van der Waals surface area contributed by atoms with Crippen LogP contribution in [-0.2, 0) is 16.5 Å². The van der Waals surface area contributed by atoms with E-state index in [0.29, 0.717) is 5.56 Å². The van der Waals surface area contributed by atoms with Crippen molar-refractivity contribution in [1.29, 1.82) is 0 Å². The zero-order valence-electron chi connectivity index (χ0n) is 12.8.